The number of aromatic nitrogens is 1. The number of rotatable bonds is 2. The van der Waals surface area contributed by atoms with Gasteiger partial charge in [-0.3, -0.25) is 4.39 Å². The number of nitrogens with zero attached hydrogens (tertiary/aromatic N) is 3. The van der Waals surface area contributed by atoms with Gasteiger partial charge in [-0.15, -0.1) is 0 Å². The van der Waals surface area contributed by atoms with Crippen LogP contribution in [0.2, 0.25) is 0 Å². The van der Waals surface area contributed by atoms with Crippen molar-refractivity contribution in [3.63, 3.8) is 0 Å². The van der Waals surface area contributed by atoms with Crippen molar-refractivity contribution < 1.29 is 4.39 Å². The Balaban J connectivity index is 2.00. The van der Waals surface area contributed by atoms with Gasteiger partial charge in [0.2, 0.25) is 0 Å². The molecule has 0 spiro atoms. The molecule has 1 aliphatic rings. The molecule has 0 amide bonds. The maximum atomic E-state index is 12.4. The normalized spacial score (nSPS) is 17.1. The topological polar surface area (TPSA) is 39.9 Å². The van der Waals surface area contributed by atoms with Crippen LogP contribution in [-0.4, -0.2) is 24.7 Å². The Hall–Kier alpha value is -1.63. The molecule has 2 rings (SSSR count). The van der Waals surface area contributed by atoms with Crippen molar-refractivity contribution in [1.29, 1.82) is 5.26 Å². The Morgan fingerprint density at radius 2 is 2.19 bits per heavy atom. The molecule has 0 unspecified atom stereocenters. The summed E-state index contributed by atoms with van der Waals surface area (Å²) >= 11 is 0. The van der Waals surface area contributed by atoms with E-state index in [9.17, 15) is 4.39 Å². The molecule has 1 aromatic rings. The zero-order chi connectivity index (χ0) is 11.4. The van der Waals surface area contributed by atoms with Crippen molar-refractivity contribution in [2.45, 2.75) is 12.8 Å². The highest BCUT2D eigenvalue weighted by molar-refractivity contribution is 5.46. The van der Waals surface area contributed by atoms with E-state index < -0.39 is 0 Å². The molecular formula is C12H14FN3. The average molecular weight is 219 g/mol. The second kappa shape index (κ2) is 4.93. The standard InChI is InChI=1S/C12H14FN3/c13-7-10-3-5-16(6-4-10)12-2-1-11(8-14)15-9-12/h1-2,9-10H,3-7H2. The predicted molar refractivity (Wildman–Crippen MR) is 59.9 cm³/mol. The first-order chi connectivity index (χ1) is 7.83. The van der Waals surface area contributed by atoms with E-state index in [-0.39, 0.29) is 12.6 Å². The third-order valence-corrected chi connectivity index (χ3v) is 3.06. The van der Waals surface area contributed by atoms with Crippen LogP contribution in [0.25, 0.3) is 0 Å². The number of anilines is 1. The molecule has 4 heteroatoms. The number of pyridine rings is 1. The highest BCUT2D eigenvalue weighted by Gasteiger charge is 2.19. The van der Waals surface area contributed by atoms with Gasteiger partial charge in [0.15, 0.2) is 0 Å². The Morgan fingerprint density at radius 3 is 2.69 bits per heavy atom. The maximum Gasteiger partial charge on any atom is 0.140 e. The van der Waals surface area contributed by atoms with Gasteiger partial charge in [-0.05, 0) is 30.9 Å². The van der Waals surface area contributed by atoms with Crippen LogP contribution in [0.4, 0.5) is 10.1 Å². The number of halogens is 1. The van der Waals surface area contributed by atoms with Crippen molar-refractivity contribution in [3.05, 3.63) is 24.0 Å². The predicted octanol–water partition coefficient (Wildman–Crippen LogP) is 2.14. The minimum atomic E-state index is -0.209. The molecule has 0 bridgehead atoms. The lowest BCUT2D eigenvalue weighted by molar-refractivity contribution is 0.307. The zero-order valence-corrected chi connectivity index (χ0v) is 9.06. The smallest absolute Gasteiger partial charge is 0.140 e. The third kappa shape index (κ3) is 2.30. The summed E-state index contributed by atoms with van der Waals surface area (Å²) in [4.78, 5) is 6.23. The Morgan fingerprint density at radius 1 is 1.44 bits per heavy atom. The van der Waals surface area contributed by atoms with E-state index in [2.05, 4.69) is 9.88 Å². The van der Waals surface area contributed by atoms with Crippen LogP contribution < -0.4 is 4.90 Å². The first-order valence-corrected chi connectivity index (χ1v) is 5.50. The zero-order valence-electron chi connectivity index (χ0n) is 9.06. The number of hydrogen-bond acceptors (Lipinski definition) is 3. The molecule has 0 atom stereocenters. The fourth-order valence-corrected chi connectivity index (χ4v) is 1.98. The molecular weight excluding hydrogens is 205 g/mol. The van der Waals surface area contributed by atoms with Crippen LogP contribution in [0.5, 0.6) is 0 Å². The van der Waals surface area contributed by atoms with Crippen molar-refractivity contribution in [2.75, 3.05) is 24.7 Å². The fourth-order valence-electron chi connectivity index (χ4n) is 1.98. The van der Waals surface area contributed by atoms with Crippen molar-refractivity contribution in [1.82, 2.24) is 4.98 Å². The number of nitriles is 1. The number of hydrogen-bond donors (Lipinski definition) is 0. The number of piperidine rings is 1. The second-order valence-corrected chi connectivity index (χ2v) is 4.10. The van der Waals surface area contributed by atoms with E-state index >= 15 is 0 Å². The van der Waals surface area contributed by atoms with Crippen LogP contribution in [0, 0.1) is 17.2 Å². The molecule has 1 aromatic heterocycles. The molecule has 0 radical (unpaired) electrons. The highest BCUT2D eigenvalue weighted by Crippen LogP contribution is 2.22. The third-order valence-electron chi connectivity index (χ3n) is 3.06. The lowest BCUT2D eigenvalue weighted by atomic mass is 9.98. The molecule has 1 fully saturated rings. The van der Waals surface area contributed by atoms with E-state index in [1.165, 1.54) is 0 Å². The summed E-state index contributed by atoms with van der Waals surface area (Å²) in [6.07, 6.45) is 3.52. The Bertz CT molecular complexity index is 374. The largest absolute Gasteiger partial charge is 0.370 e. The molecule has 16 heavy (non-hydrogen) atoms. The monoisotopic (exact) mass is 219 g/mol. The summed E-state index contributed by atoms with van der Waals surface area (Å²) < 4.78 is 12.4. The van der Waals surface area contributed by atoms with E-state index in [0.29, 0.717) is 5.69 Å². The Labute approximate surface area is 94.5 Å². The Kier molecular flexibility index (Phi) is 3.35. The number of alkyl halides is 1. The van der Waals surface area contributed by atoms with Crippen LogP contribution in [-0.2, 0) is 0 Å². The molecule has 0 aliphatic carbocycles. The van der Waals surface area contributed by atoms with Gasteiger partial charge in [0.1, 0.15) is 11.8 Å². The van der Waals surface area contributed by atoms with E-state index in [4.69, 9.17) is 5.26 Å². The minimum absolute atomic E-state index is 0.209. The van der Waals surface area contributed by atoms with Gasteiger partial charge in [-0.25, -0.2) is 4.98 Å². The van der Waals surface area contributed by atoms with E-state index in [0.717, 1.165) is 31.6 Å². The van der Waals surface area contributed by atoms with Gasteiger partial charge < -0.3 is 4.90 Å². The van der Waals surface area contributed by atoms with Gasteiger partial charge in [-0.2, -0.15) is 5.26 Å². The molecule has 0 saturated carbocycles. The summed E-state index contributed by atoms with van der Waals surface area (Å²) in [5.41, 5.74) is 1.46. The van der Waals surface area contributed by atoms with Gasteiger partial charge in [0, 0.05) is 13.1 Å². The fraction of sp³-hybridized carbons (Fsp3) is 0.500. The average Bonchev–Trinajstić information content (AvgIpc) is 2.39. The van der Waals surface area contributed by atoms with E-state index in [1.807, 2.05) is 12.1 Å². The van der Waals surface area contributed by atoms with Gasteiger partial charge in [0.05, 0.1) is 18.6 Å². The van der Waals surface area contributed by atoms with Crippen LogP contribution in [0.15, 0.2) is 18.3 Å². The summed E-state index contributed by atoms with van der Waals surface area (Å²) in [5.74, 6) is 0.225. The molecule has 3 nitrogen and oxygen atoms in total. The summed E-state index contributed by atoms with van der Waals surface area (Å²) in [5, 5.41) is 8.64. The second-order valence-electron chi connectivity index (χ2n) is 4.10. The molecule has 0 aromatic carbocycles. The first-order valence-electron chi connectivity index (χ1n) is 5.50. The molecule has 1 aliphatic heterocycles. The molecule has 84 valence electrons. The maximum absolute atomic E-state index is 12.4. The summed E-state index contributed by atoms with van der Waals surface area (Å²) in [6.45, 7) is 1.55. The van der Waals surface area contributed by atoms with Crippen LogP contribution in [0.1, 0.15) is 18.5 Å². The lowest BCUT2D eigenvalue weighted by Crippen LogP contribution is -2.34. The van der Waals surface area contributed by atoms with Gasteiger partial charge in [0.25, 0.3) is 0 Å². The highest BCUT2D eigenvalue weighted by atomic mass is 19.1. The van der Waals surface area contributed by atoms with Crippen molar-refractivity contribution in [3.8, 4) is 6.07 Å². The van der Waals surface area contributed by atoms with E-state index in [1.54, 1.807) is 12.3 Å². The summed E-state index contributed by atoms with van der Waals surface area (Å²) in [6, 6.07) is 5.62. The van der Waals surface area contributed by atoms with Crippen LogP contribution in [0.3, 0.4) is 0 Å². The molecule has 0 N–H and O–H groups in total. The quantitative estimate of drug-likeness (QED) is 0.765. The van der Waals surface area contributed by atoms with Gasteiger partial charge >= 0.3 is 0 Å². The van der Waals surface area contributed by atoms with Crippen molar-refractivity contribution in [2.24, 2.45) is 5.92 Å². The minimum Gasteiger partial charge on any atom is -0.370 e. The van der Waals surface area contributed by atoms with Gasteiger partial charge in [-0.1, -0.05) is 0 Å². The SMILES string of the molecule is N#Cc1ccc(N2CCC(CF)CC2)cn1. The summed E-state index contributed by atoms with van der Waals surface area (Å²) in [7, 11) is 0. The van der Waals surface area contributed by atoms with Crippen LogP contribution >= 0.6 is 0 Å². The lowest BCUT2D eigenvalue weighted by Gasteiger charge is -2.32. The molecule has 2 heterocycles. The molecule has 1 saturated heterocycles. The first kappa shape index (κ1) is 10.9. The van der Waals surface area contributed by atoms with Crippen molar-refractivity contribution >= 4 is 5.69 Å².